The molecule has 1 aromatic carbocycles. The van der Waals surface area contributed by atoms with Crippen molar-refractivity contribution in [2.45, 2.75) is 33.1 Å². The largest absolute Gasteiger partial charge is 0.506 e. The number of aromatic amines is 1. The van der Waals surface area contributed by atoms with Gasteiger partial charge in [0.15, 0.2) is 0 Å². The Morgan fingerprint density at radius 2 is 2.19 bits per heavy atom. The van der Waals surface area contributed by atoms with Crippen LogP contribution in [0.2, 0.25) is 0 Å². The van der Waals surface area contributed by atoms with E-state index in [4.69, 9.17) is 0 Å². The van der Waals surface area contributed by atoms with Crippen LogP contribution >= 0.6 is 27.3 Å². The molecule has 3 N–H and O–H groups in total. The van der Waals surface area contributed by atoms with Crippen LogP contribution in [-0.4, -0.2) is 16.0 Å². The van der Waals surface area contributed by atoms with Crippen molar-refractivity contribution in [1.82, 2.24) is 4.98 Å². The van der Waals surface area contributed by atoms with Crippen LogP contribution in [0.5, 0.6) is 5.75 Å². The van der Waals surface area contributed by atoms with Crippen LogP contribution in [0.1, 0.15) is 39.7 Å². The second-order valence-electron chi connectivity index (χ2n) is 7.17. The van der Waals surface area contributed by atoms with Gasteiger partial charge in [0.2, 0.25) is 0 Å². The van der Waals surface area contributed by atoms with Crippen LogP contribution < -0.4 is 10.9 Å². The quantitative estimate of drug-likeness (QED) is 0.531. The van der Waals surface area contributed by atoms with E-state index in [0.717, 1.165) is 34.9 Å². The number of hydrogen-bond donors (Lipinski definition) is 3. The van der Waals surface area contributed by atoms with Crippen LogP contribution in [0.4, 0.5) is 5.69 Å². The fraction of sp³-hybridized carbons (Fsp3) is 0.300. The van der Waals surface area contributed by atoms with Gasteiger partial charge in [-0.3, -0.25) is 9.59 Å². The normalized spacial score (nSPS) is 16.3. The minimum absolute atomic E-state index is 0.221. The predicted octanol–water partition coefficient (Wildman–Crippen LogP) is 4.74. The summed E-state index contributed by atoms with van der Waals surface area (Å²) in [4.78, 5) is 29.9. The van der Waals surface area contributed by atoms with Crippen molar-refractivity contribution in [3.05, 3.63) is 54.6 Å². The minimum Gasteiger partial charge on any atom is -0.506 e. The van der Waals surface area contributed by atoms with Gasteiger partial charge >= 0.3 is 0 Å². The molecule has 1 amide bonds. The number of aryl methyl sites for hydroxylation is 2. The fourth-order valence-electron chi connectivity index (χ4n) is 3.60. The molecule has 0 saturated carbocycles. The Morgan fingerprint density at radius 1 is 1.41 bits per heavy atom. The number of anilines is 1. The monoisotopic (exact) mass is 446 g/mol. The Balaban J connectivity index is 1.79. The van der Waals surface area contributed by atoms with Gasteiger partial charge in [0, 0.05) is 9.35 Å². The van der Waals surface area contributed by atoms with E-state index in [1.807, 2.05) is 19.1 Å². The maximum atomic E-state index is 12.8. The van der Waals surface area contributed by atoms with Crippen molar-refractivity contribution in [1.29, 1.82) is 0 Å². The van der Waals surface area contributed by atoms with Crippen molar-refractivity contribution >= 4 is 49.1 Å². The Morgan fingerprint density at radius 3 is 2.93 bits per heavy atom. The Bertz CT molecular complexity index is 1130. The number of fused-ring (bicyclic) bond motifs is 3. The number of halogens is 1. The van der Waals surface area contributed by atoms with Crippen LogP contribution in [0.15, 0.2) is 27.5 Å². The molecule has 0 aliphatic heterocycles. The van der Waals surface area contributed by atoms with E-state index in [1.54, 1.807) is 6.07 Å². The first-order valence-corrected chi connectivity index (χ1v) is 10.4. The summed E-state index contributed by atoms with van der Waals surface area (Å²) < 4.78 is 0.717. The first-order chi connectivity index (χ1) is 12.8. The predicted molar refractivity (Wildman–Crippen MR) is 112 cm³/mol. The molecule has 1 atom stereocenters. The third-order valence-corrected chi connectivity index (χ3v) is 6.87. The summed E-state index contributed by atoms with van der Waals surface area (Å²) >= 11 is 4.92. The van der Waals surface area contributed by atoms with E-state index in [2.05, 4.69) is 33.2 Å². The molecule has 27 heavy (non-hydrogen) atoms. The molecule has 3 aromatic rings. The number of hydrogen-bond acceptors (Lipinski definition) is 4. The lowest BCUT2D eigenvalue weighted by molar-refractivity contribution is 0.102. The van der Waals surface area contributed by atoms with E-state index in [-0.39, 0.29) is 11.3 Å². The highest BCUT2D eigenvalue weighted by Gasteiger charge is 2.27. The molecular weight excluding hydrogens is 428 g/mol. The Hall–Kier alpha value is -2.12. The molecule has 1 aliphatic rings. The van der Waals surface area contributed by atoms with E-state index in [9.17, 15) is 14.7 Å². The molecule has 4 rings (SSSR count). The zero-order valence-corrected chi connectivity index (χ0v) is 17.4. The summed E-state index contributed by atoms with van der Waals surface area (Å²) in [5.41, 5.74) is 1.83. The van der Waals surface area contributed by atoms with E-state index >= 15 is 0 Å². The van der Waals surface area contributed by atoms with E-state index in [1.165, 1.54) is 16.2 Å². The zero-order valence-electron chi connectivity index (χ0n) is 15.0. The average Bonchev–Trinajstić information content (AvgIpc) is 2.94. The third-order valence-electron chi connectivity index (χ3n) is 5.04. The van der Waals surface area contributed by atoms with Crippen molar-refractivity contribution in [2.24, 2.45) is 5.92 Å². The number of aromatic nitrogens is 1. The van der Waals surface area contributed by atoms with E-state index < -0.39 is 11.5 Å². The second kappa shape index (κ2) is 6.80. The second-order valence-corrected chi connectivity index (χ2v) is 9.13. The first kappa shape index (κ1) is 18.3. The number of rotatable bonds is 2. The third kappa shape index (κ3) is 3.19. The molecule has 7 heteroatoms. The van der Waals surface area contributed by atoms with Crippen molar-refractivity contribution in [3.8, 4) is 5.75 Å². The van der Waals surface area contributed by atoms with Gasteiger partial charge in [-0.15, -0.1) is 11.3 Å². The lowest BCUT2D eigenvalue weighted by Crippen LogP contribution is -2.23. The van der Waals surface area contributed by atoms with Crippen LogP contribution in [-0.2, 0) is 12.8 Å². The molecule has 0 spiro atoms. The van der Waals surface area contributed by atoms with E-state index in [0.29, 0.717) is 21.8 Å². The molecule has 0 unspecified atom stereocenters. The van der Waals surface area contributed by atoms with Gasteiger partial charge in [0.05, 0.1) is 11.1 Å². The molecule has 0 bridgehead atoms. The molecule has 2 heterocycles. The maximum Gasteiger partial charge on any atom is 0.265 e. The molecule has 0 fully saturated rings. The fourth-order valence-corrected chi connectivity index (χ4v) is 5.60. The van der Waals surface area contributed by atoms with Crippen molar-refractivity contribution in [3.63, 3.8) is 0 Å². The SMILES string of the molecule is Cc1ccc(NC(=O)c2c(O)c3c4c(sc3[nH]c2=O)C[C@H](C)CC4)c(Br)c1. The summed E-state index contributed by atoms with van der Waals surface area (Å²) in [6.07, 6.45) is 2.82. The topological polar surface area (TPSA) is 82.2 Å². The lowest BCUT2D eigenvalue weighted by Gasteiger charge is -2.18. The number of pyridine rings is 1. The van der Waals surface area contributed by atoms with Gasteiger partial charge < -0.3 is 15.4 Å². The zero-order chi connectivity index (χ0) is 19.3. The molecule has 140 valence electrons. The Kier molecular flexibility index (Phi) is 4.60. The number of amides is 1. The first-order valence-electron chi connectivity index (χ1n) is 8.82. The van der Waals surface area contributed by atoms with Crippen LogP contribution in [0.3, 0.4) is 0 Å². The van der Waals surface area contributed by atoms with Crippen molar-refractivity contribution < 1.29 is 9.90 Å². The van der Waals surface area contributed by atoms with Crippen LogP contribution in [0, 0.1) is 12.8 Å². The summed E-state index contributed by atoms with van der Waals surface area (Å²) in [5, 5.41) is 14.2. The number of carbonyl (C=O) groups excluding carboxylic acids is 1. The highest BCUT2D eigenvalue weighted by Crippen LogP contribution is 2.41. The number of aromatic hydroxyl groups is 1. The molecule has 2 aromatic heterocycles. The minimum atomic E-state index is -0.621. The van der Waals surface area contributed by atoms with Gasteiger partial charge in [-0.1, -0.05) is 13.0 Å². The summed E-state index contributed by atoms with van der Waals surface area (Å²) in [6, 6.07) is 5.50. The highest BCUT2D eigenvalue weighted by molar-refractivity contribution is 9.10. The van der Waals surface area contributed by atoms with Gasteiger partial charge in [0.25, 0.3) is 11.5 Å². The van der Waals surface area contributed by atoms with Gasteiger partial charge in [-0.2, -0.15) is 0 Å². The maximum absolute atomic E-state index is 12.8. The van der Waals surface area contributed by atoms with Gasteiger partial charge in [-0.25, -0.2) is 0 Å². The smallest absolute Gasteiger partial charge is 0.265 e. The summed E-state index contributed by atoms with van der Waals surface area (Å²) in [5.74, 6) is -0.257. The number of carbonyl (C=O) groups is 1. The number of thiophene rings is 1. The molecule has 5 nitrogen and oxygen atoms in total. The number of H-pyrrole nitrogens is 1. The standard InChI is InChI=1S/C20H19BrN2O3S/c1-9-4-6-13(12(21)7-9)22-18(25)16-17(24)15-11-5-3-10(2)8-14(11)27-20(15)23-19(16)26/h4,6-7,10H,3,5,8H2,1-2H3,(H,22,25)(H2,23,24,26)/t10-/m1/s1. The van der Waals surface area contributed by atoms with Gasteiger partial charge in [0.1, 0.15) is 16.1 Å². The number of nitrogens with one attached hydrogen (secondary N) is 2. The summed E-state index contributed by atoms with van der Waals surface area (Å²) in [7, 11) is 0. The van der Waals surface area contributed by atoms with Gasteiger partial charge in [-0.05, 0) is 71.3 Å². The summed E-state index contributed by atoms with van der Waals surface area (Å²) in [6.45, 7) is 4.15. The average molecular weight is 447 g/mol. The highest BCUT2D eigenvalue weighted by atomic mass is 79.9. The number of benzene rings is 1. The molecule has 0 saturated heterocycles. The van der Waals surface area contributed by atoms with Crippen LogP contribution in [0.25, 0.3) is 10.2 Å². The lowest BCUT2D eigenvalue weighted by atomic mass is 9.89. The molecule has 1 aliphatic carbocycles. The molecule has 0 radical (unpaired) electrons. The van der Waals surface area contributed by atoms with Crippen molar-refractivity contribution in [2.75, 3.05) is 5.32 Å². The molecular formula is C20H19BrN2O3S. The Labute approximate surface area is 168 Å².